The minimum absolute atomic E-state index is 0.00458. The molecule has 0 spiro atoms. The van der Waals surface area contributed by atoms with Crippen molar-refractivity contribution in [1.29, 1.82) is 0 Å². The first-order valence-corrected chi connectivity index (χ1v) is 12.4. The van der Waals surface area contributed by atoms with Crippen LogP contribution >= 0.6 is 0 Å². The maximum Gasteiger partial charge on any atom is 0.290 e. The molecular formula is C28H35FN2O5. The van der Waals surface area contributed by atoms with Crippen molar-refractivity contribution >= 4 is 18.3 Å². The number of amides is 2. The van der Waals surface area contributed by atoms with Crippen molar-refractivity contribution in [3.8, 4) is 5.75 Å². The highest BCUT2D eigenvalue weighted by Gasteiger charge is 2.28. The summed E-state index contributed by atoms with van der Waals surface area (Å²) in [5, 5.41) is 9.64. The van der Waals surface area contributed by atoms with Gasteiger partial charge < -0.3 is 20.1 Å². The lowest BCUT2D eigenvalue weighted by atomic mass is 9.88. The standard InChI is InChI=1S/C27H33FN2O3.CH2O2/c1-18(22-9-10-24(28)25(16-22)33-2)13-20-5-8-23(14-20)21-6-3-19(4-7-21)15-27(32)30-12-11-29-26(31)17-30;2-1-3/h3-4,6-7,9-10,16,18,20,23H,5,8,11-15,17H2,1-2H3,(H,29,31);1H,(H,2,3)/t18-,20+,23+;/m0./s1. The maximum atomic E-state index is 13.7. The van der Waals surface area contributed by atoms with Gasteiger partial charge in [0.2, 0.25) is 11.8 Å². The first kappa shape index (κ1) is 27.2. The predicted molar refractivity (Wildman–Crippen MR) is 134 cm³/mol. The number of carbonyl (C=O) groups is 3. The number of hydrogen-bond donors (Lipinski definition) is 2. The van der Waals surface area contributed by atoms with Gasteiger partial charge in [-0.15, -0.1) is 0 Å². The Hall–Kier alpha value is -3.42. The summed E-state index contributed by atoms with van der Waals surface area (Å²) in [6.45, 7) is 3.22. The van der Waals surface area contributed by atoms with Gasteiger partial charge in [-0.3, -0.25) is 14.4 Å². The van der Waals surface area contributed by atoms with Crippen LogP contribution in [-0.4, -0.2) is 55.0 Å². The number of halogens is 1. The van der Waals surface area contributed by atoms with Crippen LogP contribution in [0.5, 0.6) is 5.75 Å². The molecule has 4 rings (SSSR count). The average molecular weight is 499 g/mol. The van der Waals surface area contributed by atoms with E-state index in [9.17, 15) is 14.0 Å². The number of benzene rings is 2. The van der Waals surface area contributed by atoms with E-state index in [4.69, 9.17) is 14.6 Å². The molecular weight excluding hydrogens is 463 g/mol. The molecule has 0 radical (unpaired) electrons. The largest absolute Gasteiger partial charge is 0.494 e. The van der Waals surface area contributed by atoms with Crippen LogP contribution in [0, 0.1) is 11.7 Å². The summed E-state index contributed by atoms with van der Waals surface area (Å²) in [6, 6.07) is 13.6. The van der Waals surface area contributed by atoms with E-state index in [1.54, 1.807) is 4.90 Å². The number of hydrogen-bond acceptors (Lipinski definition) is 4. The number of nitrogens with one attached hydrogen (secondary N) is 1. The lowest BCUT2D eigenvalue weighted by Crippen LogP contribution is -2.50. The Labute approximate surface area is 211 Å². The lowest BCUT2D eigenvalue weighted by Gasteiger charge is -2.26. The molecule has 7 nitrogen and oxygen atoms in total. The Kier molecular flexibility index (Phi) is 9.85. The van der Waals surface area contributed by atoms with Crippen LogP contribution in [0.3, 0.4) is 0 Å². The van der Waals surface area contributed by atoms with E-state index in [2.05, 4.69) is 36.5 Å². The van der Waals surface area contributed by atoms with Crippen molar-refractivity contribution in [2.24, 2.45) is 5.92 Å². The molecule has 2 aliphatic rings. The summed E-state index contributed by atoms with van der Waals surface area (Å²) >= 11 is 0. The van der Waals surface area contributed by atoms with Gasteiger partial charge >= 0.3 is 0 Å². The van der Waals surface area contributed by atoms with E-state index >= 15 is 0 Å². The fraction of sp³-hybridized carbons (Fsp3) is 0.464. The van der Waals surface area contributed by atoms with E-state index in [1.165, 1.54) is 31.6 Å². The Morgan fingerprint density at radius 1 is 1.25 bits per heavy atom. The van der Waals surface area contributed by atoms with Gasteiger partial charge in [-0.1, -0.05) is 37.3 Å². The summed E-state index contributed by atoms with van der Waals surface area (Å²) in [4.78, 5) is 34.0. The van der Waals surface area contributed by atoms with Gasteiger partial charge in [-0.25, -0.2) is 4.39 Å². The third-order valence-corrected chi connectivity index (χ3v) is 7.17. The number of methoxy groups -OCH3 is 1. The molecule has 194 valence electrons. The molecule has 2 aromatic carbocycles. The molecule has 1 aliphatic carbocycles. The monoisotopic (exact) mass is 498 g/mol. The molecule has 2 fully saturated rings. The number of ether oxygens (including phenoxy) is 1. The molecule has 0 bridgehead atoms. The highest BCUT2D eigenvalue weighted by molar-refractivity contribution is 5.86. The second kappa shape index (κ2) is 13.0. The third-order valence-electron chi connectivity index (χ3n) is 7.17. The molecule has 1 saturated carbocycles. The fourth-order valence-electron chi connectivity index (χ4n) is 5.26. The minimum atomic E-state index is -0.319. The number of carboxylic acid groups (broad SMARTS) is 1. The summed E-state index contributed by atoms with van der Waals surface area (Å²) in [5.74, 6) is 1.45. The highest BCUT2D eigenvalue weighted by Crippen LogP contribution is 2.42. The summed E-state index contributed by atoms with van der Waals surface area (Å²) < 4.78 is 18.9. The van der Waals surface area contributed by atoms with Crippen LogP contribution in [0.2, 0.25) is 0 Å². The maximum absolute atomic E-state index is 13.7. The zero-order valence-corrected chi connectivity index (χ0v) is 20.9. The first-order chi connectivity index (χ1) is 17.3. The van der Waals surface area contributed by atoms with Crippen molar-refractivity contribution in [2.45, 2.75) is 50.9 Å². The highest BCUT2D eigenvalue weighted by atomic mass is 19.1. The molecule has 1 aliphatic heterocycles. The van der Waals surface area contributed by atoms with Gasteiger partial charge in [0.15, 0.2) is 11.6 Å². The van der Waals surface area contributed by atoms with Crippen LogP contribution in [0.4, 0.5) is 4.39 Å². The number of nitrogens with zero attached hydrogens (tertiary/aromatic N) is 1. The molecule has 2 aromatic rings. The van der Waals surface area contributed by atoms with Gasteiger partial charge in [-0.2, -0.15) is 0 Å². The summed E-state index contributed by atoms with van der Waals surface area (Å²) in [7, 11) is 1.50. The zero-order valence-electron chi connectivity index (χ0n) is 20.9. The number of rotatable bonds is 7. The molecule has 0 aromatic heterocycles. The van der Waals surface area contributed by atoms with Crippen molar-refractivity contribution in [3.05, 3.63) is 65.0 Å². The van der Waals surface area contributed by atoms with Gasteiger partial charge in [-0.05, 0) is 72.3 Å². The Balaban J connectivity index is 0.00000115. The SMILES string of the molecule is COc1cc([C@@H](C)C[C@H]2CC[C@@H](c3ccc(CC(=O)N4CCNC(=O)C4)cc3)C2)ccc1F.O=CO. The summed E-state index contributed by atoms with van der Waals surface area (Å²) in [5.41, 5.74) is 3.45. The van der Waals surface area contributed by atoms with Crippen LogP contribution in [0.15, 0.2) is 42.5 Å². The Bertz CT molecular complexity index is 1040. The molecule has 8 heteroatoms. The molecule has 0 unspecified atom stereocenters. The van der Waals surface area contributed by atoms with E-state index in [0.717, 1.165) is 24.0 Å². The van der Waals surface area contributed by atoms with Gasteiger partial charge in [0.25, 0.3) is 6.47 Å². The van der Waals surface area contributed by atoms with Crippen molar-refractivity contribution in [1.82, 2.24) is 10.2 Å². The second-order valence-electron chi connectivity index (χ2n) is 9.60. The Morgan fingerprint density at radius 3 is 2.64 bits per heavy atom. The van der Waals surface area contributed by atoms with Crippen LogP contribution < -0.4 is 10.1 Å². The fourth-order valence-corrected chi connectivity index (χ4v) is 5.26. The quantitative estimate of drug-likeness (QED) is 0.560. The molecule has 1 saturated heterocycles. The molecule has 2 N–H and O–H groups in total. The number of carbonyl (C=O) groups excluding carboxylic acids is 2. The van der Waals surface area contributed by atoms with Gasteiger partial charge in [0.1, 0.15) is 0 Å². The zero-order chi connectivity index (χ0) is 26.1. The normalized spacial score (nSPS) is 20.1. The van der Waals surface area contributed by atoms with E-state index in [0.29, 0.717) is 43.0 Å². The van der Waals surface area contributed by atoms with Crippen LogP contribution in [0.25, 0.3) is 0 Å². The van der Waals surface area contributed by atoms with Crippen LogP contribution in [-0.2, 0) is 20.8 Å². The van der Waals surface area contributed by atoms with Crippen molar-refractivity contribution in [2.75, 3.05) is 26.7 Å². The molecule has 36 heavy (non-hydrogen) atoms. The van der Waals surface area contributed by atoms with Crippen molar-refractivity contribution < 1.29 is 28.6 Å². The van der Waals surface area contributed by atoms with E-state index in [1.807, 2.05) is 12.1 Å². The van der Waals surface area contributed by atoms with E-state index < -0.39 is 0 Å². The third kappa shape index (κ3) is 7.29. The second-order valence-corrected chi connectivity index (χ2v) is 9.60. The van der Waals surface area contributed by atoms with Crippen molar-refractivity contribution in [3.63, 3.8) is 0 Å². The van der Waals surface area contributed by atoms with Gasteiger partial charge in [0, 0.05) is 13.1 Å². The molecule has 1 heterocycles. The number of piperazine rings is 1. The Morgan fingerprint density at radius 2 is 1.97 bits per heavy atom. The minimum Gasteiger partial charge on any atom is -0.494 e. The predicted octanol–water partition coefficient (Wildman–Crippen LogP) is 4.11. The average Bonchev–Trinajstić information content (AvgIpc) is 3.33. The summed E-state index contributed by atoms with van der Waals surface area (Å²) in [6.07, 6.45) is 4.94. The van der Waals surface area contributed by atoms with Gasteiger partial charge in [0.05, 0.1) is 20.1 Å². The lowest BCUT2D eigenvalue weighted by molar-refractivity contribution is -0.137. The topological polar surface area (TPSA) is 95.9 Å². The van der Waals surface area contributed by atoms with Crippen LogP contribution in [0.1, 0.15) is 61.1 Å². The smallest absolute Gasteiger partial charge is 0.290 e. The van der Waals surface area contributed by atoms with E-state index in [-0.39, 0.29) is 30.6 Å². The molecule has 2 amide bonds. The first-order valence-electron chi connectivity index (χ1n) is 12.4. The molecule has 3 atom stereocenters.